The van der Waals surface area contributed by atoms with Crippen LogP contribution in [0.2, 0.25) is 0 Å². The Morgan fingerprint density at radius 3 is 2.73 bits per heavy atom. The first-order chi connectivity index (χ1) is 14.3. The van der Waals surface area contributed by atoms with E-state index >= 15 is 0 Å². The summed E-state index contributed by atoms with van der Waals surface area (Å²) in [7, 11) is 1.35. The van der Waals surface area contributed by atoms with Crippen molar-refractivity contribution in [2.75, 3.05) is 13.7 Å². The standard InChI is InChI=1S/C23H21F3O4/c1-3-15-17-7-9-20(18(17)6-8-19(15)23(24,25)26)30-14-4-5-16-13(10-22(27)28-2)12-29-21(16)11-14/h3-6,8,11,13,20H,1,7,9-10,12H2,2H3/t13-,20-/m1/s1. The molecule has 7 heteroatoms. The molecule has 1 heterocycles. The third kappa shape index (κ3) is 3.64. The first-order valence-corrected chi connectivity index (χ1v) is 9.67. The Kier molecular flexibility index (Phi) is 5.22. The minimum atomic E-state index is -4.42. The van der Waals surface area contributed by atoms with Crippen LogP contribution in [0.25, 0.3) is 6.08 Å². The van der Waals surface area contributed by atoms with Gasteiger partial charge >= 0.3 is 12.1 Å². The molecule has 158 valence electrons. The average Bonchev–Trinajstić information content (AvgIpc) is 3.30. The molecule has 2 atom stereocenters. The van der Waals surface area contributed by atoms with Gasteiger partial charge in [-0.2, -0.15) is 13.2 Å². The molecule has 4 rings (SSSR count). The Bertz CT molecular complexity index is 997. The molecule has 0 unspecified atom stereocenters. The highest BCUT2D eigenvalue weighted by atomic mass is 19.4. The Morgan fingerprint density at radius 2 is 2.03 bits per heavy atom. The van der Waals surface area contributed by atoms with Gasteiger partial charge in [-0.25, -0.2) is 0 Å². The van der Waals surface area contributed by atoms with Gasteiger partial charge < -0.3 is 14.2 Å². The average molecular weight is 418 g/mol. The molecule has 1 aliphatic heterocycles. The molecule has 0 spiro atoms. The maximum atomic E-state index is 13.3. The highest BCUT2D eigenvalue weighted by molar-refractivity contribution is 5.71. The van der Waals surface area contributed by atoms with E-state index in [0.717, 1.165) is 17.2 Å². The lowest BCUT2D eigenvalue weighted by Gasteiger charge is -2.18. The van der Waals surface area contributed by atoms with Crippen LogP contribution in [0.4, 0.5) is 13.2 Å². The van der Waals surface area contributed by atoms with Crippen LogP contribution in [0.1, 0.15) is 52.7 Å². The summed E-state index contributed by atoms with van der Waals surface area (Å²) in [6, 6.07) is 8.03. The predicted octanol–water partition coefficient (Wildman–Crippen LogP) is 5.45. The molecular weight excluding hydrogens is 397 g/mol. The van der Waals surface area contributed by atoms with Crippen molar-refractivity contribution in [1.82, 2.24) is 0 Å². The fourth-order valence-corrected chi connectivity index (χ4v) is 4.24. The highest BCUT2D eigenvalue weighted by Crippen LogP contribution is 2.44. The molecule has 30 heavy (non-hydrogen) atoms. The normalized spacial score (nSPS) is 19.6. The topological polar surface area (TPSA) is 44.8 Å². The number of alkyl halides is 3. The van der Waals surface area contributed by atoms with Crippen molar-refractivity contribution < 1.29 is 32.2 Å². The zero-order chi connectivity index (χ0) is 21.5. The van der Waals surface area contributed by atoms with Gasteiger partial charge in [-0.05, 0) is 41.7 Å². The zero-order valence-electron chi connectivity index (χ0n) is 16.4. The van der Waals surface area contributed by atoms with Gasteiger partial charge in [0.2, 0.25) is 0 Å². The predicted molar refractivity (Wildman–Crippen MR) is 105 cm³/mol. The van der Waals surface area contributed by atoms with Crippen LogP contribution in [-0.4, -0.2) is 19.7 Å². The molecule has 4 nitrogen and oxygen atoms in total. The summed E-state index contributed by atoms with van der Waals surface area (Å²) in [5.74, 6) is 0.865. The van der Waals surface area contributed by atoms with Gasteiger partial charge in [0.05, 0.1) is 25.7 Å². The third-order valence-corrected chi connectivity index (χ3v) is 5.69. The van der Waals surface area contributed by atoms with Gasteiger partial charge in [-0.15, -0.1) is 0 Å². The number of carbonyl (C=O) groups is 1. The van der Waals surface area contributed by atoms with E-state index in [4.69, 9.17) is 14.2 Å². The fraction of sp³-hybridized carbons (Fsp3) is 0.348. The van der Waals surface area contributed by atoms with Crippen LogP contribution in [0.5, 0.6) is 11.5 Å². The molecule has 2 aromatic carbocycles. The van der Waals surface area contributed by atoms with E-state index in [1.165, 1.54) is 19.3 Å². The van der Waals surface area contributed by atoms with E-state index in [9.17, 15) is 18.0 Å². The lowest BCUT2D eigenvalue weighted by Crippen LogP contribution is -2.10. The number of rotatable bonds is 5. The van der Waals surface area contributed by atoms with Crippen LogP contribution in [-0.2, 0) is 22.1 Å². The van der Waals surface area contributed by atoms with E-state index in [1.54, 1.807) is 12.1 Å². The molecule has 0 radical (unpaired) electrons. The van der Waals surface area contributed by atoms with Gasteiger partial charge in [0.1, 0.15) is 17.6 Å². The number of hydrogen-bond donors (Lipinski definition) is 0. The molecule has 0 N–H and O–H groups in total. The van der Waals surface area contributed by atoms with E-state index in [-0.39, 0.29) is 30.0 Å². The van der Waals surface area contributed by atoms with E-state index < -0.39 is 11.7 Å². The lowest BCUT2D eigenvalue weighted by atomic mass is 9.96. The first kappa shape index (κ1) is 20.3. The summed E-state index contributed by atoms with van der Waals surface area (Å²) in [4.78, 5) is 11.5. The Balaban J connectivity index is 1.55. The summed E-state index contributed by atoms with van der Waals surface area (Å²) in [6.07, 6.45) is -2.17. The zero-order valence-corrected chi connectivity index (χ0v) is 16.4. The Morgan fingerprint density at radius 1 is 1.27 bits per heavy atom. The number of fused-ring (bicyclic) bond motifs is 2. The van der Waals surface area contributed by atoms with Gasteiger partial charge in [0.25, 0.3) is 0 Å². The number of halogens is 3. The summed E-state index contributed by atoms with van der Waals surface area (Å²) in [5.41, 5.74) is 1.78. The quantitative estimate of drug-likeness (QED) is 0.606. The van der Waals surface area contributed by atoms with E-state index in [2.05, 4.69) is 6.58 Å². The summed E-state index contributed by atoms with van der Waals surface area (Å²) < 4.78 is 56.4. The minimum Gasteiger partial charge on any atom is -0.492 e. The Labute approximate surface area is 172 Å². The van der Waals surface area contributed by atoms with Crippen LogP contribution >= 0.6 is 0 Å². The van der Waals surface area contributed by atoms with Crippen molar-refractivity contribution in [3.8, 4) is 11.5 Å². The lowest BCUT2D eigenvalue weighted by molar-refractivity contribution is -0.141. The monoisotopic (exact) mass is 418 g/mol. The molecule has 0 saturated heterocycles. The molecule has 0 bridgehead atoms. The van der Waals surface area contributed by atoms with Crippen molar-refractivity contribution >= 4 is 12.0 Å². The van der Waals surface area contributed by atoms with Crippen molar-refractivity contribution in [2.24, 2.45) is 0 Å². The molecular formula is C23H21F3O4. The minimum absolute atomic E-state index is 0.0651. The van der Waals surface area contributed by atoms with Crippen molar-refractivity contribution in [2.45, 2.75) is 37.5 Å². The van der Waals surface area contributed by atoms with Crippen LogP contribution in [0.15, 0.2) is 36.9 Å². The summed E-state index contributed by atoms with van der Waals surface area (Å²) in [5, 5.41) is 0. The molecule has 0 saturated carbocycles. The largest absolute Gasteiger partial charge is 0.492 e. The number of carbonyl (C=O) groups excluding carboxylic acids is 1. The summed E-state index contributed by atoms with van der Waals surface area (Å²) >= 11 is 0. The van der Waals surface area contributed by atoms with Crippen LogP contribution in [0.3, 0.4) is 0 Å². The molecule has 0 fully saturated rings. The summed E-state index contributed by atoms with van der Waals surface area (Å²) in [6.45, 7) is 3.97. The van der Waals surface area contributed by atoms with E-state index in [1.807, 2.05) is 6.07 Å². The number of esters is 1. The molecule has 2 aromatic rings. The smallest absolute Gasteiger partial charge is 0.416 e. The number of methoxy groups -OCH3 is 1. The van der Waals surface area contributed by atoms with Gasteiger partial charge in [0.15, 0.2) is 0 Å². The molecule has 0 amide bonds. The third-order valence-electron chi connectivity index (χ3n) is 5.69. The highest BCUT2D eigenvalue weighted by Gasteiger charge is 2.37. The number of hydrogen-bond acceptors (Lipinski definition) is 4. The maximum Gasteiger partial charge on any atom is 0.416 e. The van der Waals surface area contributed by atoms with Crippen LogP contribution in [0, 0.1) is 0 Å². The van der Waals surface area contributed by atoms with Crippen LogP contribution < -0.4 is 9.47 Å². The van der Waals surface area contributed by atoms with E-state index in [0.29, 0.717) is 36.5 Å². The number of benzene rings is 2. The second-order valence-electron chi connectivity index (χ2n) is 7.43. The molecule has 2 aliphatic rings. The fourth-order valence-electron chi connectivity index (χ4n) is 4.24. The van der Waals surface area contributed by atoms with Gasteiger partial charge in [-0.1, -0.05) is 24.8 Å². The number of ether oxygens (including phenoxy) is 3. The first-order valence-electron chi connectivity index (χ1n) is 9.67. The molecule has 1 aliphatic carbocycles. The van der Waals surface area contributed by atoms with Crippen molar-refractivity contribution in [3.63, 3.8) is 0 Å². The molecule has 0 aromatic heterocycles. The van der Waals surface area contributed by atoms with Crippen molar-refractivity contribution in [3.05, 3.63) is 64.7 Å². The SMILES string of the molecule is C=Cc1c(C(F)(F)F)ccc2c1CC[C@H]2Oc1ccc2c(c1)OC[C@H]2CC(=O)OC. The second kappa shape index (κ2) is 7.70. The maximum absolute atomic E-state index is 13.3. The Hall–Kier alpha value is -2.96. The van der Waals surface area contributed by atoms with Gasteiger partial charge in [-0.3, -0.25) is 4.79 Å². The second-order valence-corrected chi connectivity index (χ2v) is 7.43. The van der Waals surface area contributed by atoms with Gasteiger partial charge in [0, 0.05) is 17.5 Å². The van der Waals surface area contributed by atoms with Crippen molar-refractivity contribution in [1.29, 1.82) is 0 Å².